The minimum absolute atomic E-state index is 0.115. The maximum Gasteiger partial charge on any atom is 0.320 e. The third-order valence-corrected chi connectivity index (χ3v) is 8.23. The van der Waals surface area contributed by atoms with Crippen LogP contribution in [-0.2, 0) is 14.5 Å². The van der Waals surface area contributed by atoms with Crippen molar-refractivity contribution in [3.8, 4) is 0 Å². The lowest BCUT2D eigenvalue weighted by molar-refractivity contribution is -0.132. The van der Waals surface area contributed by atoms with E-state index in [0.717, 1.165) is 10.9 Å². The van der Waals surface area contributed by atoms with Gasteiger partial charge in [-0.2, -0.15) is 4.36 Å². The van der Waals surface area contributed by atoms with Gasteiger partial charge in [-0.05, 0) is 56.2 Å². The zero-order valence-electron chi connectivity index (χ0n) is 17.1. The molecule has 1 saturated carbocycles. The molecule has 0 spiro atoms. The zero-order valence-corrected chi connectivity index (χ0v) is 17.9. The highest BCUT2D eigenvalue weighted by molar-refractivity contribution is 7.93. The summed E-state index contributed by atoms with van der Waals surface area (Å²) in [4.78, 5) is 27.0. The van der Waals surface area contributed by atoms with Gasteiger partial charge in [0.05, 0.1) is 9.73 Å². The third-order valence-electron chi connectivity index (χ3n) is 5.98. The molecule has 7 heteroatoms. The Hall–Kier alpha value is -2.15. The first-order valence-corrected chi connectivity index (χ1v) is 12.2. The second-order valence-electron chi connectivity index (χ2n) is 8.48. The standard InChI is InChI=1S/C22H28N2O4S/c1-15-4-7-19-18(12-15)14-20(28-19)22(26)23-29(27)10-3-8-24(9-11-29)21(25)13-16(2)17-5-6-17/h4,7,12,14,16-17H,3,5-6,8-11,13H2,1-2H3. The Morgan fingerprint density at radius 3 is 2.79 bits per heavy atom. The molecule has 2 aromatic rings. The summed E-state index contributed by atoms with van der Waals surface area (Å²) in [5.41, 5.74) is 1.69. The minimum Gasteiger partial charge on any atom is -0.451 e. The maximum absolute atomic E-state index is 13.2. The minimum atomic E-state index is -2.70. The van der Waals surface area contributed by atoms with Crippen LogP contribution in [0.4, 0.5) is 0 Å². The average Bonchev–Trinajstić information content (AvgIpc) is 3.46. The Bertz CT molecular complexity index is 1060. The van der Waals surface area contributed by atoms with Crippen LogP contribution in [0.25, 0.3) is 11.0 Å². The van der Waals surface area contributed by atoms with Crippen molar-refractivity contribution in [3.05, 3.63) is 35.6 Å². The number of nitrogens with zero attached hydrogens (tertiary/aromatic N) is 2. The van der Waals surface area contributed by atoms with E-state index in [0.29, 0.717) is 49.1 Å². The molecule has 1 aliphatic heterocycles. The van der Waals surface area contributed by atoms with Crippen molar-refractivity contribution in [1.29, 1.82) is 0 Å². The van der Waals surface area contributed by atoms with Crippen LogP contribution < -0.4 is 0 Å². The monoisotopic (exact) mass is 416 g/mol. The van der Waals surface area contributed by atoms with Crippen LogP contribution in [0.3, 0.4) is 0 Å². The van der Waals surface area contributed by atoms with Gasteiger partial charge in [-0.1, -0.05) is 18.6 Å². The quantitative estimate of drug-likeness (QED) is 0.754. The molecule has 1 aromatic heterocycles. The molecule has 2 fully saturated rings. The number of hydrogen-bond acceptors (Lipinski definition) is 4. The predicted molar refractivity (Wildman–Crippen MR) is 113 cm³/mol. The van der Waals surface area contributed by atoms with Gasteiger partial charge in [0.15, 0.2) is 5.76 Å². The molecule has 4 rings (SSSR count). The van der Waals surface area contributed by atoms with E-state index < -0.39 is 15.6 Å². The molecule has 6 nitrogen and oxygen atoms in total. The molecule has 2 aliphatic rings. The smallest absolute Gasteiger partial charge is 0.320 e. The highest BCUT2D eigenvalue weighted by atomic mass is 32.2. The fourth-order valence-electron chi connectivity index (χ4n) is 3.99. The van der Waals surface area contributed by atoms with Gasteiger partial charge in [0.25, 0.3) is 0 Å². The van der Waals surface area contributed by atoms with Crippen molar-refractivity contribution in [2.75, 3.05) is 24.6 Å². The molecule has 2 heterocycles. The number of aryl methyl sites for hydroxylation is 1. The summed E-state index contributed by atoms with van der Waals surface area (Å²) in [5.74, 6) is 1.34. The lowest BCUT2D eigenvalue weighted by Gasteiger charge is -2.21. The van der Waals surface area contributed by atoms with E-state index in [4.69, 9.17) is 4.42 Å². The molecule has 2 amide bonds. The normalized spacial score (nSPS) is 23.6. The topological polar surface area (TPSA) is 80.0 Å². The van der Waals surface area contributed by atoms with E-state index in [2.05, 4.69) is 11.3 Å². The van der Waals surface area contributed by atoms with Gasteiger partial charge in [-0.15, -0.1) is 0 Å². The van der Waals surface area contributed by atoms with Gasteiger partial charge in [-0.25, -0.2) is 4.21 Å². The summed E-state index contributed by atoms with van der Waals surface area (Å²) in [6.45, 7) is 5.09. The van der Waals surface area contributed by atoms with Crippen LogP contribution in [0.1, 0.15) is 48.7 Å². The number of rotatable bonds is 4. The lowest BCUT2D eigenvalue weighted by Crippen LogP contribution is -2.34. The number of furan rings is 1. The van der Waals surface area contributed by atoms with Crippen molar-refractivity contribution >= 4 is 32.5 Å². The maximum atomic E-state index is 13.2. The van der Waals surface area contributed by atoms with E-state index in [1.54, 1.807) is 11.0 Å². The van der Waals surface area contributed by atoms with Crippen molar-refractivity contribution in [2.24, 2.45) is 16.2 Å². The number of benzene rings is 1. The Morgan fingerprint density at radius 2 is 2.03 bits per heavy atom. The highest BCUT2D eigenvalue weighted by Gasteiger charge is 2.31. The second-order valence-corrected chi connectivity index (χ2v) is 11.0. The van der Waals surface area contributed by atoms with Gasteiger partial charge in [-0.3, -0.25) is 9.59 Å². The summed E-state index contributed by atoms with van der Waals surface area (Å²) in [6, 6.07) is 7.33. The molecule has 2 unspecified atom stereocenters. The molecule has 2 atom stereocenters. The molecular weight excluding hydrogens is 388 g/mol. The highest BCUT2D eigenvalue weighted by Crippen LogP contribution is 2.38. The Morgan fingerprint density at radius 1 is 1.24 bits per heavy atom. The van der Waals surface area contributed by atoms with Gasteiger partial charge < -0.3 is 9.32 Å². The predicted octanol–water partition coefficient (Wildman–Crippen LogP) is 4.02. The first kappa shape index (κ1) is 20.1. The number of carbonyl (C=O) groups is 2. The van der Waals surface area contributed by atoms with E-state index in [-0.39, 0.29) is 17.4 Å². The molecule has 0 radical (unpaired) electrons. The Balaban J connectivity index is 1.45. The van der Waals surface area contributed by atoms with E-state index in [1.807, 2.05) is 25.1 Å². The molecule has 0 N–H and O–H groups in total. The molecule has 1 aliphatic carbocycles. The SMILES string of the molecule is Cc1ccc2oc(C(=O)N=S3(=O)CCCN(C(=O)CC(C)C4CC4)CC3)cc2c1. The Labute approximate surface area is 171 Å². The van der Waals surface area contributed by atoms with Crippen LogP contribution in [0.2, 0.25) is 0 Å². The van der Waals surface area contributed by atoms with Gasteiger partial charge in [0, 0.05) is 36.4 Å². The first-order valence-electron chi connectivity index (χ1n) is 10.4. The van der Waals surface area contributed by atoms with E-state index in [9.17, 15) is 13.8 Å². The van der Waals surface area contributed by atoms with Gasteiger partial charge >= 0.3 is 5.91 Å². The molecule has 1 aromatic carbocycles. The van der Waals surface area contributed by atoms with Crippen LogP contribution in [-0.4, -0.2) is 45.5 Å². The van der Waals surface area contributed by atoms with Crippen molar-refractivity contribution in [2.45, 2.75) is 39.5 Å². The number of carbonyl (C=O) groups excluding carboxylic acids is 2. The number of hydrogen-bond donors (Lipinski definition) is 0. The molecule has 0 bridgehead atoms. The third kappa shape index (κ3) is 4.71. The zero-order chi connectivity index (χ0) is 20.6. The first-order chi connectivity index (χ1) is 13.8. The summed E-state index contributed by atoms with van der Waals surface area (Å²) in [7, 11) is -2.70. The molecule has 1 saturated heterocycles. The average molecular weight is 417 g/mol. The number of amides is 2. The molecule has 156 valence electrons. The van der Waals surface area contributed by atoms with Crippen LogP contribution >= 0.6 is 0 Å². The van der Waals surface area contributed by atoms with E-state index >= 15 is 0 Å². The summed E-state index contributed by atoms with van der Waals surface area (Å²) >= 11 is 0. The number of fused-ring (bicyclic) bond motifs is 1. The molecule has 29 heavy (non-hydrogen) atoms. The largest absolute Gasteiger partial charge is 0.451 e. The summed E-state index contributed by atoms with van der Waals surface area (Å²) < 4.78 is 22.9. The second kappa shape index (κ2) is 7.94. The summed E-state index contributed by atoms with van der Waals surface area (Å²) in [5, 5.41) is 0.834. The Kier molecular flexibility index (Phi) is 5.51. The van der Waals surface area contributed by atoms with Crippen molar-refractivity contribution in [1.82, 2.24) is 4.90 Å². The van der Waals surface area contributed by atoms with Crippen LogP contribution in [0.15, 0.2) is 33.0 Å². The van der Waals surface area contributed by atoms with Crippen molar-refractivity contribution in [3.63, 3.8) is 0 Å². The van der Waals surface area contributed by atoms with Gasteiger partial charge in [0.1, 0.15) is 5.58 Å². The van der Waals surface area contributed by atoms with Crippen LogP contribution in [0.5, 0.6) is 0 Å². The summed E-state index contributed by atoms with van der Waals surface area (Å²) in [6.07, 6.45) is 3.61. The fraction of sp³-hybridized carbons (Fsp3) is 0.545. The lowest BCUT2D eigenvalue weighted by atomic mass is 10.0. The van der Waals surface area contributed by atoms with E-state index in [1.165, 1.54) is 12.8 Å². The van der Waals surface area contributed by atoms with Crippen LogP contribution in [0, 0.1) is 18.8 Å². The molecular formula is C22H28N2O4S. The van der Waals surface area contributed by atoms with Gasteiger partial charge in [0.2, 0.25) is 5.91 Å². The van der Waals surface area contributed by atoms with Crippen molar-refractivity contribution < 1.29 is 18.2 Å². The fourth-order valence-corrected chi connectivity index (χ4v) is 5.85.